The molecule has 0 aliphatic heterocycles. The van der Waals surface area contributed by atoms with Gasteiger partial charge in [0.15, 0.2) is 0 Å². The Morgan fingerprint density at radius 3 is 2.86 bits per heavy atom. The van der Waals surface area contributed by atoms with Crippen molar-refractivity contribution < 1.29 is 9.84 Å². The van der Waals surface area contributed by atoms with E-state index in [9.17, 15) is 0 Å². The zero-order chi connectivity index (χ0) is 10.6. The van der Waals surface area contributed by atoms with Crippen LogP contribution in [0.5, 0.6) is 5.75 Å². The zero-order valence-electron chi connectivity index (χ0n) is 8.16. The Labute approximate surface area is 98.4 Å². The minimum Gasteiger partial charge on any atom is -0.494 e. The summed E-state index contributed by atoms with van der Waals surface area (Å²) < 4.78 is 6.49. The van der Waals surface area contributed by atoms with Crippen molar-refractivity contribution in [3.8, 4) is 5.75 Å². The lowest BCUT2D eigenvalue weighted by molar-refractivity contribution is 0.281. The molecular formula is C11H14IO2. The van der Waals surface area contributed by atoms with Gasteiger partial charge < -0.3 is 9.84 Å². The first kappa shape index (κ1) is 11.8. The molecule has 1 N–H and O–H groups in total. The van der Waals surface area contributed by atoms with Crippen LogP contribution in [0.15, 0.2) is 18.2 Å². The second-order valence-electron chi connectivity index (χ2n) is 3.00. The van der Waals surface area contributed by atoms with Gasteiger partial charge in [0.25, 0.3) is 0 Å². The standard InChI is InChI=1S/C11H14IO2/c1-3-14-9-4-5-11(12)10(6-9)8(2)7-13/h4-6,8,13H,2-3,7H2,1H3. The third-order valence-corrected chi connectivity index (χ3v) is 2.92. The van der Waals surface area contributed by atoms with Gasteiger partial charge in [-0.25, -0.2) is 0 Å². The van der Waals surface area contributed by atoms with Gasteiger partial charge in [-0.2, -0.15) is 0 Å². The Morgan fingerprint density at radius 1 is 1.57 bits per heavy atom. The van der Waals surface area contributed by atoms with Crippen molar-refractivity contribution in [2.75, 3.05) is 13.2 Å². The molecule has 14 heavy (non-hydrogen) atoms. The highest BCUT2D eigenvalue weighted by Gasteiger charge is 2.09. The number of aliphatic hydroxyl groups is 1. The molecule has 0 saturated carbocycles. The van der Waals surface area contributed by atoms with Crippen LogP contribution in [0.3, 0.4) is 0 Å². The number of aliphatic hydroxyl groups excluding tert-OH is 1. The van der Waals surface area contributed by atoms with E-state index in [0.717, 1.165) is 14.9 Å². The van der Waals surface area contributed by atoms with Crippen LogP contribution in [0, 0.1) is 10.5 Å². The monoisotopic (exact) mass is 305 g/mol. The largest absolute Gasteiger partial charge is 0.494 e. The number of hydrogen-bond donors (Lipinski definition) is 1. The van der Waals surface area contributed by atoms with Crippen molar-refractivity contribution in [1.82, 2.24) is 0 Å². The lowest BCUT2D eigenvalue weighted by Gasteiger charge is -2.12. The van der Waals surface area contributed by atoms with Gasteiger partial charge in [0.05, 0.1) is 6.61 Å². The summed E-state index contributed by atoms with van der Waals surface area (Å²) in [6, 6.07) is 5.85. The summed E-state index contributed by atoms with van der Waals surface area (Å²) in [5, 5.41) is 9.03. The summed E-state index contributed by atoms with van der Waals surface area (Å²) in [6.07, 6.45) is 0. The third kappa shape index (κ3) is 2.85. The van der Waals surface area contributed by atoms with Gasteiger partial charge in [0, 0.05) is 16.1 Å². The molecule has 1 unspecified atom stereocenters. The normalized spacial score (nSPS) is 12.6. The fraction of sp³-hybridized carbons (Fsp3) is 0.364. The Bertz CT molecular complexity index is 299. The molecule has 0 aliphatic rings. The maximum absolute atomic E-state index is 9.03. The number of benzene rings is 1. The van der Waals surface area contributed by atoms with E-state index >= 15 is 0 Å². The van der Waals surface area contributed by atoms with Crippen LogP contribution in [-0.2, 0) is 0 Å². The molecule has 0 aliphatic carbocycles. The fourth-order valence-corrected chi connectivity index (χ4v) is 1.97. The molecule has 77 valence electrons. The van der Waals surface area contributed by atoms with E-state index in [1.54, 1.807) is 0 Å². The van der Waals surface area contributed by atoms with Crippen molar-refractivity contribution in [1.29, 1.82) is 0 Å². The lowest BCUT2D eigenvalue weighted by atomic mass is 10.0. The second kappa shape index (κ2) is 5.56. The smallest absolute Gasteiger partial charge is 0.119 e. The number of halogens is 1. The highest BCUT2D eigenvalue weighted by molar-refractivity contribution is 14.1. The topological polar surface area (TPSA) is 29.5 Å². The quantitative estimate of drug-likeness (QED) is 0.867. The maximum atomic E-state index is 9.03. The molecule has 0 bridgehead atoms. The first-order chi connectivity index (χ1) is 6.69. The summed E-state index contributed by atoms with van der Waals surface area (Å²) >= 11 is 2.24. The van der Waals surface area contributed by atoms with E-state index in [0.29, 0.717) is 6.61 Å². The summed E-state index contributed by atoms with van der Waals surface area (Å²) in [6.45, 7) is 6.54. The molecule has 1 aromatic rings. The summed E-state index contributed by atoms with van der Waals surface area (Å²) in [5.74, 6) is 0.757. The molecule has 2 nitrogen and oxygen atoms in total. The lowest BCUT2D eigenvalue weighted by Crippen LogP contribution is -2.02. The predicted molar refractivity (Wildman–Crippen MR) is 65.5 cm³/mol. The molecule has 3 heteroatoms. The third-order valence-electron chi connectivity index (χ3n) is 1.94. The fourth-order valence-electron chi connectivity index (χ4n) is 1.19. The molecule has 0 amide bonds. The van der Waals surface area contributed by atoms with Crippen LogP contribution in [-0.4, -0.2) is 18.3 Å². The van der Waals surface area contributed by atoms with Crippen LogP contribution in [0.2, 0.25) is 0 Å². The van der Waals surface area contributed by atoms with Gasteiger partial charge in [-0.1, -0.05) is 0 Å². The second-order valence-corrected chi connectivity index (χ2v) is 4.16. The summed E-state index contributed by atoms with van der Waals surface area (Å²) in [7, 11) is 0. The molecule has 1 radical (unpaired) electrons. The van der Waals surface area contributed by atoms with Crippen molar-refractivity contribution in [2.45, 2.75) is 12.8 Å². The van der Waals surface area contributed by atoms with Crippen LogP contribution in [0.1, 0.15) is 18.4 Å². The van der Waals surface area contributed by atoms with Gasteiger partial charge in [-0.15, -0.1) is 0 Å². The van der Waals surface area contributed by atoms with Crippen LogP contribution in [0.25, 0.3) is 0 Å². The van der Waals surface area contributed by atoms with E-state index in [1.807, 2.05) is 25.1 Å². The number of rotatable bonds is 4. The SMILES string of the molecule is [CH2]C(CO)c1cc(OCC)ccc1I. The van der Waals surface area contributed by atoms with Crippen LogP contribution >= 0.6 is 22.6 Å². The highest BCUT2D eigenvalue weighted by atomic mass is 127. The molecule has 0 aromatic heterocycles. The van der Waals surface area contributed by atoms with Crippen molar-refractivity contribution in [3.63, 3.8) is 0 Å². The maximum Gasteiger partial charge on any atom is 0.119 e. The Balaban J connectivity index is 2.95. The van der Waals surface area contributed by atoms with Crippen LogP contribution in [0.4, 0.5) is 0 Å². The minimum absolute atomic E-state index is 0.0611. The van der Waals surface area contributed by atoms with E-state index in [4.69, 9.17) is 9.84 Å². The Morgan fingerprint density at radius 2 is 2.29 bits per heavy atom. The molecular weight excluding hydrogens is 291 g/mol. The van der Waals surface area contributed by atoms with Gasteiger partial charge in [-0.05, 0) is 60.2 Å². The van der Waals surface area contributed by atoms with Gasteiger partial charge in [0.1, 0.15) is 5.75 Å². The van der Waals surface area contributed by atoms with Crippen molar-refractivity contribution in [3.05, 3.63) is 34.3 Å². The molecule has 1 atom stereocenters. The minimum atomic E-state index is -0.0812. The van der Waals surface area contributed by atoms with E-state index in [1.165, 1.54) is 0 Å². The molecule has 1 rings (SSSR count). The Hall–Kier alpha value is -0.290. The number of ether oxygens (including phenoxy) is 1. The molecule has 0 heterocycles. The van der Waals surface area contributed by atoms with E-state index < -0.39 is 0 Å². The van der Waals surface area contributed by atoms with Gasteiger partial charge >= 0.3 is 0 Å². The first-order valence-corrected chi connectivity index (χ1v) is 5.63. The average molecular weight is 305 g/mol. The van der Waals surface area contributed by atoms with Gasteiger partial charge in [0.2, 0.25) is 0 Å². The zero-order valence-corrected chi connectivity index (χ0v) is 10.3. The van der Waals surface area contributed by atoms with E-state index in [-0.39, 0.29) is 12.5 Å². The number of hydrogen-bond acceptors (Lipinski definition) is 2. The molecule has 0 saturated heterocycles. The summed E-state index contributed by atoms with van der Waals surface area (Å²) in [5.41, 5.74) is 1.04. The predicted octanol–water partition coefficient (Wildman–Crippen LogP) is 2.60. The van der Waals surface area contributed by atoms with Crippen molar-refractivity contribution >= 4 is 22.6 Å². The van der Waals surface area contributed by atoms with E-state index in [2.05, 4.69) is 29.5 Å². The first-order valence-electron chi connectivity index (χ1n) is 4.55. The highest BCUT2D eigenvalue weighted by Crippen LogP contribution is 2.25. The molecule has 0 fully saturated rings. The molecule has 0 spiro atoms. The molecule has 1 aromatic carbocycles. The van der Waals surface area contributed by atoms with Crippen molar-refractivity contribution in [2.24, 2.45) is 0 Å². The summed E-state index contributed by atoms with van der Waals surface area (Å²) in [4.78, 5) is 0. The Kier molecular flexibility index (Phi) is 4.68. The van der Waals surface area contributed by atoms with Gasteiger partial charge in [-0.3, -0.25) is 0 Å². The van der Waals surface area contributed by atoms with Crippen LogP contribution < -0.4 is 4.74 Å². The average Bonchev–Trinajstić information content (AvgIpc) is 2.20.